The Morgan fingerprint density at radius 3 is 2.32 bits per heavy atom. The summed E-state index contributed by atoms with van der Waals surface area (Å²) < 4.78 is 12.7. The number of likely N-dealkylation sites (N-methyl/N-ethyl adjacent to an activating group) is 1. The van der Waals surface area contributed by atoms with E-state index in [9.17, 15) is 14.9 Å². The van der Waals surface area contributed by atoms with Crippen molar-refractivity contribution in [2.24, 2.45) is 0 Å². The van der Waals surface area contributed by atoms with E-state index in [4.69, 9.17) is 9.47 Å². The molecule has 0 bridgehead atoms. The maximum Gasteiger partial charge on any atom is 0.264 e. The van der Waals surface area contributed by atoms with Crippen molar-refractivity contribution < 1.29 is 19.2 Å². The molecule has 2 aliphatic rings. The molecule has 0 saturated carbocycles. The van der Waals surface area contributed by atoms with Gasteiger partial charge in [0, 0.05) is 22.0 Å². The SMILES string of the molecule is COc1ccc([C@@H]2O[C@@]3(C(=O)N(C)c4cc(Br)ccc43)[C@@H](c3ccc(C)cc3)[C@@H]2[N+](=O)[O-])cc1. The number of carbonyl (C=O) groups excluding carboxylic acids is 1. The van der Waals surface area contributed by atoms with Crippen LogP contribution in [-0.2, 0) is 15.1 Å². The predicted octanol–water partition coefficient (Wildman–Crippen LogP) is 5.14. The molecule has 0 aromatic heterocycles. The van der Waals surface area contributed by atoms with Crippen LogP contribution in [0.25, 0.3) is 0 Å². The van der Waals surface area contributed by atoms with E-state index in [1.165, 1.54) is 4.90 Å². The fourth-order valence-corrected chi connectivity index (χ4v) is 5.59. The van der Waals surface area contributed by atoms with Crippen LogP contribution in [0.15, 0.2) is 71.2 Å². The number of amides is 1. The minimum atomic E-state index is -1.53. The molecule has 8 heteroatoms. The normalized spacial score (nSPS) is 25.6. The lowest BCUT2D eigenvalue weighted by Gasteiger charge is -2.29. The van der Waals surface area contributed by atoms with Crippen molar-refractivity contribution in [2.45, 2.75) is 30.6 Å². The minimum Gasteiger partial charge on any atom is -0.497 e. The lowest BCUT2D eigenvalue weighted by Crippen LogP contribution is -2.44. The summed E-state index contributed by atoms with van der Waals surface area (Å²) >= 11 is 3.48. The molecule has 3 aromatic rings. The first-order chi connectivity index (χ1) is 16.3. The quantitative estimate of drug-likeness (QED) is 0.350. The Hall–Kier alpha value is -3.23. The molecular weight excluding hydrogens is 500 g/mol. The number of halogens is 1. The lowest BCUT2D eigenvalue weighted by atomic mass is 9.74. The summed E-state index contributed by atoms with van der Waals surface area (Å²) in [6.45, 7) is 1.96. The summed E-state index contributed by atoms with van der Waals surface area (Å²) in [6.07, 6.45) is -0.931. The van der Waals surface area contributed by atoms with Gasteiger partial charge in [-0.3, -0.25) is 14.9 Å². The van der Waals surface area contributed by atoms with E-state index in [-0.39, 0.29) is 10.8 Å². The molecule has 0 radical (unpaired) electrons. The van der Waals surface area contributed by atoms with Crippen molar-refractivity contribution in [3.63, 3.8) is 0 Å². The number of aryl methyl sites for hydroxylation is 1. The molecule has 0 N–H and O–H groups in total. The Morgan fingerprint density at radius 2 is 1.71 bits per heavy atom. The Kier molecular flexibility index (Phi) is 5.45. The first-order valence-electron chi connectivity index (χ1n) is 10.9. The average Bonchev–Trinajstić information content (AvgIpc) is 3.29. The smallest absolute Gasteiger partial charge is 0.264 e. The van der Waals surface area contributed by atoms with Crippen LogP contribution in [0, 0.1) is 17.0 Å². The highest BCUT2D eigenvalue weighted by molar-refractivity contribution is 9.10. The standard InChI is InChI=1S/C26H23BrN2O5/c1-15-4-6-16(7-5-15)22-23(29(31)32)24(17-8-11-19(33-3)12-9-17)34-26(22)20-13-10-18(27)14-21(20)28(2)25(26)30/h4-14,22-24H,1-3H3/t22-,23-,24-,26+/m0/s1. The fourth-order valence-electron chi connectivity index (χ4n) is 5.24. The van der Waals surface area contributed by atoms with E-state index >= 15 is 0 Å². The van der Waals surface area contributed by atoms with Gasteiger partial charge >= 0.3 is 0 Å². The highest BCUT2D eigenvalue weighted by Gasteiger charge is 2.69. The van der Waals surface area contributed by atoms with Gasteiger partial charge in [-0.1, -0.05) is 64.0 Å². The molecule has 1 amide bonds. The highest BCUT2D eigenvalue weighted by atomic mass is 79.9. The van der Waals surface area contributed by atoms with Gasteiger partial charge in [0.25, 0.3) is 11.9 Å². The van der Waals surface area contributed by atoms with E-state index in [1.54, 1.807) is 38.4 Å². The first-order valence-corrected chi connectivity index (χ1v) is 11.7. The van der Waals surface area contributed by atoms with Gasteiger partial charge in [0.1, 0.15) is 5.75 Å². The van der Waals surface area contributed by atoms with Crippen LogP contribution in [0.1, 0.15) is 34.3 Å². The number of ether oxygens (including phenoxy) is 2. The Balaban J connectivity index is 1.76. The second-order valence-corrected chi connectivity index (χ2v) is 9.65. The zero-order valence-corrected chi connectivity index (χ0v) is 20.5. The predicted molar refractivity (Wildman–Crippen MR) is 131 cm³/mol. The molecule has 0 unspecified atom stereocenters. The number of anilines is 1. The van der Waals surface area contributed by atoms with E-state index in [0.29, 0.717) is 28.1 Å². The molecule has 2 aliphatic heterocycles. The second kappa shape index (κ2) is 8.21. The zero-order chi connectivity index (χ0) is 24.2. The van der Waals surface area contributed by atoms with Gasteiger partial charge in [-0.15, -0.1) is 0 Å². The van der Waals surface area contributed by atoms with Gasteiger partial charge in [0.05, 0.1) is 18.7 Å². The highest BCUT2D eigenvalue weighted by Crippen LogP contribution is 2.60. The first kappa shape index (κ1) is 22.6. The summed E-state index contributed by atoms with van der Waals surface area (Å²) in [7, 11) is 3.24. The molecule has 4 atom stereocenters. The Labute approximate surface area is 205 Å². The van der Waals surface area contributed by atoms with Crippen LogP contribution in [0.4, 0.5) is 5.69 Å². The van der Waals surface area contributed by atoms with Crippen molar-refractivity contribution in [2.75, 3.05) is 19.1 Å². The van der Waals surface area contributed by atoms with Crippen molar-refractivity contribution in [1.29, 1.82) is 0 Å². The number of hydrogen-bond acceptors (Lipinski definition) is 5. The molecule has 34 heavy (non-hydrogen) atoms. The summed E-state index contributed by atoms with van der Waals surface area (Å²) in [6, 6.07) is 18.9. The van der Waals surface area contributed by atoms with E-state index in [1.807, 2.05) is 49.4 Å². The average molecular weight is 523 g/mol. The molecular formula is C26H23BrN2O5. The number of nitrogens with zero attached hydrogens (tertiary/aromatic N) is 2. The minimum absolute atomic E-state index is 0.307. The third kappa shape index (κ3) is 3.24. The van der Waals surface area contributed by atoms with Crippen LogP contribution in [0.2, 0.25) is 0 Å². The molecule has 5 rings (SSSR count). The summed E-state index contributed by atoms with van der Waals surface area (Å²) in [5.74, 6) is -0.502. The van der Waals surface area contributed by atoms with Crippen molar-refractivity contribution in [3.05, 3.63) is 104 Å². The molecule has 1 spiro atoms. The van der Waals surface area contributed by atoms with Crippen LogP contribution in [0.3, 0.4) is 0 Å². The second-order valence-electron chi connectivity index (χ2n) is 8.74. The van der Waals surface area contributed by atoms with Gasteiger partial charge in [0.15, 0.2) is 11.7 Å². The molecule has 1 fully saturated rings. The Morgan fingerprint density at radius 1 is 1.06 bits per heavy atom. The molecule has 2 heterocycles. The van der Waals surface area contributed by atoms with E-state index in [2.05, 4.69) is 15.9 Å². The van der Waals surface area contributed by atoms with Crippen LogP contribution in [-0.4, -0.2) is 31.0 Å². The Bertz CT molecular complexity index is 1280. The zero-order valence-electron chi connectivity index (χ0n) is 18.9. The van der Waals surface area contributed by atoms with Crippen molar-refractivity contribution >= 4 is 27.5 Å². The summed E-state index contributed by atoms with van der Waals surface area (Å²) in [5.41, 5.74) is 2.13. The third-order valence-electron chi connectivity index (χ3n) is 6.87. The molecule has 3 aromatic carbocycles. The number of nitro groups is 1. The molecule has 7 nitrogen and oxygen atoms in total. The summed E-state index contributed by atoms with van der Waals surface area (Å²) in [4.78, 5) is 27.8. The van der Waals surface area contributed by atoms with E-state index < -0.39 is 23.7 Å². The van der Waals surface area contributed by atoms with Crippen molar-refractivity contribution in [1.82, 2.24) is 0 Å². The molecule has 0 aliphatic carbocycles. The third-order valence-corrected chi connectivity index (χ3v) is 7.36. The van der Waals surface area contributed by atoms with E-state index in [0.717, 1.165) is 10.0 Å². The maximum absolute atomic E-state index is 13.9. The van der Waals surface area contributed by atoms with Gasteiger partial charge in [-0.2, -0.15) is 0 Å². The van der Waals surface area contributed by atoms with Gasteiger partial charge in [0.2, 0.25) is 0 Å². The number of carbonyl (C=O) groups is 1. The van der Waals surface area contributed by atoms with Gasteiger partial charge in [-0.05, 0) is 42.3 Å². The number of benzene rings is 3. The monoisotopic (exact) mass is 522 g/mol. The lowest BCUT2D eigenvalue weighted by molar-refractivity contribution is -0.531. The fraction of sp³-hybridized carbons (Fsp3) is 0.269. The number of rotatable bonds is 4. The van der Waals surface area contributed by atoms with Gasteiger partial charge < -0.3 is 14.4 Å². The largest absolute Gasteiger partial charge is 0.497 e. The molecule has 174 valence electrons. The van der Waals surface area contributed by atoms with Crippen LogP contribution < -0.4 is 9.64 Å². The maximum atomic E-state index is 13.9. The summed E-state index contributed by atoms with van der Waals surface area (Å²) in [5, 5.41) is 12.6. The van der Waals surface area contributed by atoms with Crippen molar-refractivity contribution in [3.8, 4) is 5.75 Å². The number of hydrogen-bond donors (Lipinski definition) is 0. The number of fused-ring (bicyclic) bond motifs is 2. The van der Waals surface area contributed by atoms with Crippen LogP contribution in [0.5, 0.6) is 5.75 Å². The molecule has 1 saturated heterocycles. The topological polar surface area (TPSA) is 81.9 Å². The van der Waals surface area contributed by atoms with Crippen LogP contribution >= 0.6 is 15.9 Å². The number of methoxy groups -OCH3 is 1. The van der Waals surface area contributed by atoms with Gasteiger partial charge in [-0.25, -0.2) is 0 Å².